The van der Waals surface area contributed by atoms with Crippen LogP contribution in [0.5, 0.6) is 11.5 Å². The van der Waals surface area contributed by atoms with Crippen LogP contribution < -0.4 is 9.64 Å². The second-order valence-electron chi connectivity index (χ2n) is 8.91. The Morgan fingerprint density at radius 2 is 1.30 bits per heavy atom. The Morgan fingerprint density at radius 1 is 0.721 bits per heavy atom. The van der Waals surface area contributed by atoms with Crippen molar-refractivity contribution in [3.63, 3.8) is 0 Å². The third-order valence-corrected chi connectivity index (χ3v) is 6.36. The van der Waals surface area contributed by atoms with Crippen molar-refractivity contribution in [2.75, 3.05) is 11.4 Å². The van der Waals surface area contributed by atoms with Gasteiger partial charge in [0, 0.05) is 28.8 Å². The van der Waals surface area contributed by atoms with Gasteiger partial charge >= 0.3 is 29.7 Å². The molecule has 3 aromatic rings. The molecule has 43 heavy (non-hydrogen) atoms. The minimum Gasteiger partial charge on any atom is -0.457 e. The molecule has 0 aliphatic heterocycles. The van der Waals surface area contributed by atoms with Gasteiger partial charge in [-0.3, -0.25) is 0 Å². The zero-order valence-electron chi connectivity index (χ0n) is 21.0. The number of hydrogen-bond acceptors (Lipinski definition) is 4. The van der Waals surface area contributed by atoms with Crippen molar-refractivity contribution in [2.45, 2.75) is 47.3 Å². The van der Waals surface area contributed by atoms with Crippen LogP contribution >= 0.6 is 11.8 Å². The normalized spacial score (nSPS) is 14.0. The lowest BCUT2D eigenvalue weighted by atomic mass is 9.99. The third kappa shape index (κ3) is 8.61. The number of thioether (sulfide) groups is 1. The number of ether oxygens (including phenoxy) is 1. The van der Waals surface area contributed by atoms with E-state index in [1.54, 1.807) is 0 Å². The molecule has 0 saturated carbocycles. The molecule has 0 amide bonds. The quantitative estimate of drug-likeness (QED) is 0.174. The van der Waals surface area contributed by atoms with Crippen LogP contribution in [0.15, 0.2) is 77.7 Å². The number of alkyl halides is 13. The van der Waals surface area contributed by atoms with Crippen LogP contribution in [0.2, 0.25) is 0 Å². The number of anilines is 1. The molecule has 3 rings (SSSR count). The summed E-state index contributed by atoms with van der Waals surface area (Å²) in [6.45, 7) is -2.04. The van der Waals surface area contributed by atoms with Crippen molar-refractivity contribution in [3.05, 3.63) is 83.9 Å². The maximum Gasteiger partial charge on any atom is 0.460 e. The van der Waals surface area contributed by atoms with Gasteiger partial charge in [0.1, 0.15) is 11.5 Å². The topological polar surface area (TPSA) is 32.7 Å². The first-order valence-corrected chi connectivity index (χ1v) is 12.5. The molecule has 0 spiro atoms. The molecule has 0 heterocycles. The van der Waals surface area contributed by atoms with E-state index >= 15 is 0 Å². The molecule has 0 fully saturated rings. The predicted molar refractivity (Wildman–Crippen MR) is 129 cm³/mol. The summed E-state index contributed by atoms with van der Waals surface area (Å²) in [5.41, 5.74) is -6.97. The molecule has 3 nitrogen and oxygen atoms in total. The summed E-state index contributed by atoms with van der Waals surface area (Å²) in [6.07, 6.45) is -14.8. The van der Waals surface area contributed by atoms with Crippen molar-refractivity contribution in [3.8, 4) is 11.5 Å². The fourth-order valence-corrected chi connectivity index (χ4v) is 4.22. The van der Waals surface area contributed by atoms with Gasteiger partial charge < -0.3 is 14.7 Å². The van der Waals surface area contributed by atoms with Crippen molar-refractivity contribution in [1.29, 1.82) is 0 Å². The lowest BCUT2D eigenvalue weighted by molar-refractivity contribution is -0.359. The van der Waals surface area contributed by atoms with Crippen LogP contribution in [0, 0.1) is 0 Å². The van der Waals surface area contributed by atoms with Crippen LogP contribution in [-0.4, -0.2) is 41.5 Å². The van der Waals surface area contributed by atoms with Gasteiger partial charge in [-0.25, -0.2) is 0 Å². The van der Waals surface area contributed by atoms with Crippen molar-refractivity contribution >= 4 is 17.4 Å². The number of aliphatic hydroxyl groups is 1. The van der Waals surface area contributed by atoms with Gasteiger partial charge in [0.15, 0.2) is 6.10 Å². The molecule has 0 aliphatic carbocycles. The average molecular weight is 655 g/mol. The third-order valence-electron chi connectivity index (χ3n) is 5.64. The number of aliphatic hydroxyl groups excluding tert-OH is 1. The molecule has 1 atom stereocenters. The van der Waals surface area contributed by atoms with Gasteiger partial charge in [0.2, 0.25) is 0 Å². The van der Waals surface area contributed by atoms with Gasteiger partial charge in [-0.15, -0.1) is 0 Å². The maximum atomic E-state index is 14.3. The zero-order chi connectivity index (χ0) is 32.4. The van der Waals surface area contributed by atoms with Crippen LogP contribution in [0.4, 0.5) is 62.8 Å². The van der Waals surface area contributed by atoms with Crippen LogP contribution in [-0.2, 0) is 12.5 Å². The monoisotopic (exact) mass is 655 g/mol. The highest BCUT2D eigenvalue weighted by atomic mass is 32.2. The van der Waals surface area contributed by atoms with Gasteiger partial charge in [-0.1, -0.05) is 30.3 Å². The molecule has 0 aromatic heterocycles. The fraction of sp³-hybridized carbons (Fsp3) is 0.308. The molecule has 17 heteroatoms. The molecule has 0 unspecified atom stereocenters. The first kappa shape index (κ1) is 34.2. The molecule has 236 valence electrons. The molecule has 1 N–H and O–H groups in total. The molecule has 0 radical (unpaired) electrons. The maximum absolute atomic E-state index is 14.3. The lowest BCUT2D eigenvalue weighted by Gasteiger charge is -2.30. The summed E-state index contributed by atoms with van der Waals surface area (Å²) < 4.78 is 177. The van der Waals surface area contributed by atoms with Gasteiger partial charge in [-0.05, 0) is 53.7 Å². The minimum atomic E-state index is -6.62. The van der Waals surface area contributed by atoms with E-state index in [1.807, 2.05) is 0 Å². The highest BCUT2D eigenvalue weighted by Crippen LogP contribution is 2.52. The summed E-state index contributed by atoms with van der Waals surface area (Å²) in [5.74, 6) is -12.5. The molecule has 0 bridgehead atoms. The molecule has 3 aromatic carbocycles. The first-order chi connectivity index (χ1) is 19.6. The number of halogens is 13. The van der Waals surface area contributed by atoms with Gasteiger partial charge in [0.25, 0.3) is 0 Å². The first-order valence-electron chi connectivity index (χ1n) is 11.7. The number of nitrogens with zero attached hydrogens (tertiary/aromatic N) is 1. The summed E-state index contributed by atoms with van der Waals surface area (Å²) in [5, 5.41) is 9.67. The Bertz CT molecular complexity index is 1390. The van der Waals surface area contributed by atoms with E-state index in [0.717, 1.165) is 29.2 Å². The second kappa shape index (κ2) is 12.3. The van der Waals surface area contributed by atoms with E-state index in [2.05, 4.69) is 0 Å². The van der Waals surface area contributed by atoms with E-state index in [0.29, 0.717) is 6.07 Å². The Morgan fingerprint density at radius 3 is 1.88 bits per heavy atom. The van der Waals surface area contributed by atoms with Crippen molar-refractivity contribution in [1.82, 2.24) is 0 Å². The summed E-state index contributed by atoms with van der Waals surface area (Å²) in [7, 11) is 0. The van der Waals surface area contributed by atoms with Crippen LogP contribution in [0.25, 0.3) is 0 Å². The second-order valence-corrected chi connectivity index (χ2v) is 10.0. The number of benzene rings is 3. The Balaban J connectivity index is 1.95. The highest BCUT2D eigenvalue weighted by Gasteiger charge is 2.73. The fourth-order valence-electron chi connectivity index (χ4n) is 3.63. The van der Waals surface area contributed by atoms with Crippen LogP contribution in [0.1, 0.15) is 11.1 Å². The Labute approximate surface area is 238 Å². The van der Waals surface area contributed by atoms with Crippen molar-refractivity contribution < 1.29 is 66.9 Å². The van der Waals surface area contributed by atoms with Gasteiger partial charge in [-0.2, -0.15) is 57.1 Å². The standard InChI is InChI=1S/C26H18F13NO2S/c27-22(28,24(32,33)25(34,35)36)16-5-1-4-15(10-16)13-40(14-21(41)23(29,30)31)17-6-2-7-18(11-17)42-19-8-3-9-20(12-19)43-26(37,38)39/h1-12,21,41H,13-14H2/t21-/m1/s1. The number of hydrogen-bond donors (Lipinski definition) is 1. The Kier molecular flexibility index (Phi) is 9.80. The lowest BCUT2D eigenvalue weighted by Crippen LogP contribution is -2.50. The molecular formula is C26H18F13NO2S. The smallest absolute Gasteiger partial charge is 0.457 e. The summed E-state index contributed by atoms with van der Waals surface area (Å²) >= 11 is -0.436. The van der Waals surface area contributed by atoms with E-state index in [9.17, 15) is 62.2 Å². The van der Waals surface area contributed by atoms with Gasteiger partial charge in [0.05, 0.1) is 6.54 Å². The van der Waals surface area contributed by atoms with Crippen LogP contribution in [0.3, 0.4) is 0 Å². The van der Waals surface area contributed by atoms with E-state index in [1.165, 1.54) is 30.3 Å². The number of rotatable bonds is 10. The molecule has 0 aliphatic rings. The zero-order valence-corrected chi connectivity index (χ0v) is 21.9. The molecule has 0 saturated heterocycles. The van der Waals surface area contributed by atoms with Crippen molar-refractivity contribution in [2.24, 2.45) is 0 Å². The predicted octanol–water partition coefficient (Wildman–Crippen LogP) is 9.31. The minimum absolute atomic E-state index is 0.103. The van der Waals surface area contributed by atoms with E-state index in [4.69, 9.17) is 4.74 Å². The molecular weight excluding hydrogens is 637 g/mol. The van der Waals surface area contributed by atoms with E-state index < -0.39 is 71.8 Å². The highest BCUT2D eigenvalue weighted by molar-refractivity contribution is 8.00. The summed E-state index contributed by atoms with van der Waals surface area (Å²) in [4.78, 5) is 0.518. The Hall–Kier alpha value is -3.34. The SMILES string of the molecule is O[C@H](CN(Cc1cccc(C(F)(F)C(F)(F)C(F)(F)F)c1)c1cccc(Oc2cccc(SC(F)(F)F)c2)c1)C(F)(F)F. The average Bonchev–Trinajstić information content (AvgIpc) is 2.86. The van der Waals surface area contributed by atoms with E-state index in [-0.39, 0.29) is 34.2 Å². The largest absolute Gasteiger partial charge is 0.460 e. The summed E-state index contributed by atoms with van der Waals surface area (Å²) in [6, 6.07) is 11.7.